The lowest BCUT2D eigenvalue weighted by Gasteiger charge is -2.10. The molecule has 0 aliphatic heterocycles. The third-order valence-electron chi connectivity index (χ3n) is 2.88. The second-order valence-electron chi connectivity index (χ2n) is 4.22. The average Bonchev–Trinajstić information content (AvgIpc) is 2.60. The summed E-state index contributed by atoms with van der Waals surface area (Å²) >= 11 is 1.58. The minimum atomic E-state index is 0.484. The Morgan fingerprint density at radius 1 is 1.28 bits per heavy atom. The van der Waals surface area contributed by atoms with Gasteiger partial charge in [0.15, 0.2) is 5.16 Å². The zero-order chi connectivity index (χ0) is 13.3. The van der Waals surface area contributed by atoms with Crippen molar-refractivity contribution >= 4 is 11.8 Å². The molecule has 5 nitrogen and oxygen atoms in total. The molecule has 0 fully saturated rings. The first-order valence-electron chi connectivity index (χ1n) is 5.74. The summed E-state index contributed by atoms with van der Waals surface area (Å²) in [5.41, 5.74) is 8.85. The number of pyridine rings is 1. The van der Waals surface area contributed by atoms with Crippen molar-refractivity contribution in [2.75, 3.05) is 0 Å². The molecule has 0 radical (unpaired) electrons. The Morgan fingerprint density at radius 3 is 2.56 bits per heavy atom. The van der Waals surface area contributed by atoms with Gasteiger partial charge in [-0.15, -0.1) is 10.2 Å². The summed E-state index contributed by atoms with van der Waals surface area (Å²) in [5, 5.41) is 9.09. The third kappa shape index (κ3) is 2.39. The van der Waals surface area contributed by atoms with Gasteiger partial charge in [0.05, 0.1) is 0 Å². The molecule has 0 aliphatic rings. The Morgan fingerprint density at radius 2 is 2.00 bits per heavy atom. The van der Waals surface area contributed by atoms with Gasteiger partial charge in [0.1, 0.15) is 5.82 Å². The highest BCUT2D eigenvalue weighted by atomic mass is 32.2. The Bertz CT molecular complexity index is 576. The van der Waals surface area contributed by atoms with Crippen LogP contribution in [0.15, 0.2) is 16.1 Å². The highest BCUT2D eigenvalue weighted by Gasteiger charge is 2.12. The molecule has 96 valence electrons. The van der Waals surface area contributed by atoms with Crippen LogP contribution in [0, 0.1) is 20.8 Å². The van der Waals surface area contributed by atoms with Crippen LogP contribution < -0.4 is 5.73 Å². The van der Waals surface area contributed by atoms with E-state index in [9.17, 15) is 0 Å². The molecule has 2 rings (SSSR count). The van der Waals surface area contributed by atoms with E-state index in [0.717, 1.165) is 32.8 Å². The van der Waals surface area contributed by atoms with Crippen LogP contribution in [0.3, 0.4) is 0 Å². The highest BCUT2D eigenvalue weighted by molar-refractivity contribution is 7.99. The Hall–Kier alpha value is -1.40. The molecule has 0 saturated heterocycles. The molecule has 0 aromatic carbocycles. The Kier molecular flexibility index (Phi) is 3.68. The number of hydrogen-bond donors (Lipinski definition) is 1. The van der Waals surface area contributed by atoms with Crippen molar-refractivity contribution in [2.24, 2.45) is 12.8 Å². The molecule has 18 heavy (non-hydrogen) atoms. The number of nitrogens with two attached hydrogens (primary N) is 1. The summed E-state index contributed by atoms with van der Waals surface area (Å²) in [6.45, 7) is 6.39. The summed E-state index contributed by atoms with van der Waals surface area (Å²) in [7, 11) is 1.96. The molecular formula is C12H17N5S. The van der Waals surface area contributed by atoms with Gasteiger partial charge in [0.25, 0.3) is 0 Å². The van der Waals surface area contributed by atoms with Crippen LogP contribution in [0.5, 0.6) is 0 Å². The first-order valence-corrected chi connectivity index (χ1v) is 6.55. The number of rotatable bonds is 3. The van der Waals surface area contributed by atoms with Gasteiger partial charge in [0.2, 0.25) is 0 Å². The molecule has 2 N–H and O–H groups in total. The summed E-state index contributed by atoms with van der Waals surface area (Å²) in [6, 6.07) is 2.05. The van der Waals surface area contributed by atoms with E-state index in [4.69, 9.17) is 5.73 Å². The van der Waals surface area contributed by atoms with Gasteiger partial charge in [0, 0.05) is 35.4 Å². The van der Waals surface area contributed by atoms with Crippen LogP contribution >= 0.6 is 11.8 Å². The first-order chi connectivity index (χ1) is 8.52. The Labute approximate surface area is 111 Å². The van der Waals surface area contributed by atoms with Crippen LogP contribution in [-0.2, 0) is 13.6 Å². The van der Waals surface area contributed by atoms with Crippen LogP contribution in [0.4, 0.5) is 0 Å². The predicted molar refractivity (Wildman–Crippen MR) is 71.5 cm³/mol. The van der Waals surface area contributed by atoms with Gasteiger partial charge in [-0.2, -0.15) is 0 Å². The van der Waals surface area contributed by atoms with E-state index < -0.39 is 0 Å². The van der Waals surface area contributed by atoms with Gasteiger partial charge in [-0.1, -0.05) is 0 Å². The highest BCUT2D eigenvalue weighted by Crippen LogP contribution is 2.30. The number of hydrogen-bond acceptors (Lipinski definition) is 5. The van der Waals surface area contributed by atoms with Crippen molar-refractivity contribution in [3.63, 3.8) is 0 Å². The van der Waals surface area contributed by atoms with Crippen LogP contribution in [-0.4, -0.2) is 19.7 Å². The molecule has 0 spiro atoms. The zero-order valence-corrected chi connectivity index (χ0v) is 11.9. The molecule has 0 aliphatic carbocycles. The van der Waals surface area contributed by atoms with Crippen LogP contribution in [0.25, 0.3) is 0 Å². The lowest BCUT2D eigenvalue weighted by molar-refractivity contribution is 0.764. The van der Waals surface area contributed by atoms with Crippen LogP contribution in [0.2, 0.25) is 0 Å². The second-order valence-corrected chi connectivity index (χ2v) is 5.23. The smallest absolute Gasteiger partial charge is 0.195 e. The second kappa shape index (κ2) is 5.07. The minimum absolute atomic E-state index is 0.484. The minimum Gasteiger partial charge on any atom is -0.326 e. The molecule has 6 heteroatoms. The largest absolute Gasteiger partial charge is 0.326 e. The molecular weight excluding hydrogens is 246 g/mol. The summed E-state index contributed by atoms with van der Waals surface area (Å²) in [5.74, 6) is 0.897. The van der Waals surface area contributed by atoms with E-state index >= 15 is 0 Å². The lowest BCUT2D eigenvalue weighted by atomic mass is 10.2. The molecule has 2 aromatic rings. The molecule has 0 unspecified atom stereocenters. The predicted octanol–water partition coefficient (Wildman–Crippen LogP) is 1.75. The zero-order valence-electron chi connectivity index (χ0n) is 11.1. The number of aromatic nitrogens is 4. The summed E-state index contributed by atoms with van der Waals surface area (Å²) in [6.07, 6.45) is 0. The van der Waals surface area contributed by atoms with E-state index in [-0.39, 0.29) is 0 Å². The van der Waals surface area contributed by atoms with Crippen molar-refractivity contribution in [1.82, 2.24) is 19.7 Å². The van der Waals surface area contributed by atoms with E-state index in [0.29, 0.717) is 6.54 Å². The SMILES string of the molecule is Cc1cc(Sc2nnc(C)n2C)c(CN)c(C)n1. The van der Waals surface area contributed by atoms with Crippen molar-refractivity contribution < 1.29 is 0 Å². The van der Waals surface area contributed by atoms with E-state index in [1.54, 1.807) is 11.8 Å². The number of aryl methyl sites for hydroxylation is 3. The summed E-state index contributed by atoms with van der Waals surface area (Å²) < 4.78 is 1.97. The molecule has 0 atom stereocenters. The fourth-order valence-electron chi connectivity index (χ4n) is 1.73. The lowest BCUT2D eigenvalue weighted by Crippen LogP contribution is -2.05. The Balaban J connectivity index is 2.42. The monoisotopic (exact) mass is 263 g/mol. The van der Waals surface area contributed by atoms with Gasteiger partial charge in [-0.25, -0.2) is 0 Å². The maximum absolute atomic E-state index is 5.80. The van der Waals surface area contributed by atoms with Gasteiger partial charge in [-0.05, 0) is 38.6 Å². The molecule has 2 aromatic heterocycles. The summed E-state index contributed by atoms with van der Waals surface area (Å²) in [4.78, 5) is 5.55. The van der Waals surface area contributed by atoms with Gasteiger partial charge < -0.3 is 10.3 Å². The van der Waals surface area contributed by atoms with Crippen molar-refractivity contribution in [3.8, 4) is 0 Å². The fourth-order valence-corrected chi connectivity index (χ4v) is 2.86. The van der Waals surface area contributed by atoms with E-state index in [1.807, 2.05) is 38.5 Å². The molecule has 0 saturated carbocycles. The normalized spacial score (nSPS) is 10.9. The van der Waals surface area contributed by atoms with Crippen molar-refractivity contribution in [2.45, 2.75) is 37.4 Å². The third-order valence-corrected chi connectivity index (χ3v) is 4.00. The van der Waals surface area contributed by atoms with E-state index in [1.165, 1.54) is 0 Å². The molecule has 0 bridgehead atoms. The average molecular weight is 263 g/mol. The number of nitrogens with zero attached hydrogens (tertiary/aromatic N) is 4. The van der Waals surface area contributed by atoms with Crippen molar-refractivity contribution in [1.29, 1.82) is 0 Å². The van der Waals surface area contributed by atoms with Gasteiger partial charge >= 0.3 is 0 Å². The van der Waals surface area contributed by atoms with Crippen LogP contribution in [0.1, 0.15) is 22.8 Å². The van der Waals surface area contributed by atoms with Crippen molar-refractivity contribution in [3.05, 3.63) is 28.8 Å². The first kappa shape index (κ1) is 13.0. The quantitative estimate of drug-likeness (QED) is 0.913. The fraction of sp³-hybridized carbons (Fsp3) is 0.417. The maximum Gasteiger partial charge on any atom is 0.195 e. The molecule has 2 heterocycles. The van der Waals surface area contributed by atoms with Gasteiger partial charge in [-0.3, -0.25) is 4.98 Å². The van der Waals surface area contributed by atoms with E-state index in [2.05, 4.69) is 15.2 Å². The topological polar surface area (TPSA) is 69.6 Å². The standard InChI is InChI=1S/C12H17N5S/c1-7-5-11(10(6-13)8(2)14-7)18-12-16-15-9(3)17(12)4/h5H,6,13H2,1-4H3. The molecule has 0 amide bonds. The maximum atomic E-state index is 5.80.